The predicted molar refractivity (Wildman–Crippen MR) is 76.2 cm³/mol. The van der Waals surface area contributed by atoms with Crippen LogP contribution in [0.2, 0.25) is 0 Å². The van der Waals surface area contributed by atoms with E-state index < -0.39 is 0 Å². The van der Waals surface area contributed by atoms with Crippen LogP contribution >= 0.6 is 0 Å². The number of aryl methyl sites for hydroxylation is 1. The van der Waals surface area contributed by atoms with Crippen molar-refractivity contribution in [3.8, 4) is 11.8 Å². The number of rotatable bonds is 4. The number of nitriles is 1. The Morgan fingerprint density at radius 1 is 1.21 bits per heavy atom. The van der Waals surface area contributed by atoms with E-state index in [-0.39, 0.29) is 0 Å². The molecule has 0 fully saturated rings. The van der Waals surface area contributed by atoms with Gasteiger partial charge in [-0.1, -0.05) is 18.2 Å². The van der Waals surface area contributed by atoms with Gasteiger partial charge in [0.15, 0.2) is 0 Å². The van der Waals surface area contributed by atoms with E-state index in [0.29, 0.717) is 12.1 Å². The number of hydrogen-bond donors (Lipinski definition) is 1. The van der Waals surface area contributed by atoms with Crippen molar-refractivity contribution in [1.82, 2.24) is 0 Å². The van der Waals surface area contributed by atoms with Gasteiger partial charge in [-0.3, -0.25) is 0 Å². The van der Waals surface area contributed by atoms with Crippen LogP contribution in [0, 0.1) is 18.3 Å². The van der Waals surface area contributed by atoms with Gasteiger partial charge in [-0.25, -0.2) is 0 Å². The molecule has 0 saturated carbocycles. The Morgan fingerprint density at radius 2 is 2.05 bits per heavy atom. The quantitative estimate of drug-likeness (QED) is 0.906. The SMILES string of the molecule is COc1cccc(CNc2cc(C#N)ccc2C)c1. The first-order chi connectivity index (χ1) is 9.22. The van der Waals surface area contributed by atoms with Crippen LogP contribution in [0.25, 0.3) is 0 Å². The minimum Gasteiger partial charge on any atom is -0.497 e. The molecule has 0 aliphatic carbocycles. The average Bonchev–Trinajstić information content (AvgIpc) is 2.46. The van der Waals surface area contributed by atoms with E-state index in [4.69, 9.17) is 10.00 Å². The fourth-order valence-electron chi connectivity index (χ4n) is 1.86. The molecule has 19 heavy (non-hydrogen) atoms. The number of ether oxygens (including phenoxy) is 1. The maximum Gasteiger partial charge on any atom is 0.119 e. The molecule has 2 aromatic carbocycles. The molecule has 0 amide bonds. The molecule has 0 saturated heterocycles. The van der Waals surface area contributed by atoms with Crippen molar-refractivity contribution in [2.24, 2.45) is 0 Å². The zero-order chi connectivity index (χ0) is 13.7. The van der Waals surface area contributed by atoms with E-state index in [2.05, 4.69) is 11.4 Å². The summed E-state index contributed by atoms with van der Waals surface area (Å²) in [5.74, 6) is 0.849. The molecular formula is C16H16N2O. The zero-order valence-corrected chi connectivity index (χ0v) is 11.1. The fourth-order valence-corrected chi connectivity index (χ4v) is 1.86. The summed E-state index contributed by atoms with van der Waals surface area (Å²) >= 11 is 0. The van der Waals surface area contributed by atoms with Gasteiger partial charge in [0.2, 0.25) is 0 Å². The molecular weight excluding hydrogens is 236 g/mol. The third-order valence-corrected chi connectivity index (χ3v) is 2.98. The maximum absolute atomic E-state index is 8.91. The van der Waals surface area contributed by atoms with Gasteiger partial charge >= 0.3 is 0 Å². The van der Waals surface area contributed by atoms with Crippen LogP contribution < -0.4 is 10.1 Å². The van der Waals surface area contributed by atoms with Gasteiger partial charge in [-0.05, 0) is 42.3 Å². The van der Waals surface area contributed by atoms with Crippen molar-refractivity contribution in [2.75, 3.05) is 12.4 Å². The highest BCUT2D eigenvalue weighted by atomic mass is 16.5. The number of anilines is 1. The van der Waals surface area contributed by atoms with Gasteiger partial charge in [0.05, 0.1) is 18.7 Å². The second kappa shape index (κ2) is 5.92. The van der Waals surface area contributed by atoms with E-state index in [9.17, 15) is 0 Å². The lowest BCUT2D eigenvalue weighted by Gasteiger charge is -2.10. The molecule has 2 aromatic rings. The Labute approximate surface area is 113 Å². The van der Waals surface area contributed by atoms with Gasteiger partial charge < -0.3 is 10.1 Å². The molecule has 0 aromatic heterocycles. The predicted octanol–water partition coefficient (Wildman–Crippen LogP) is 3.49. The van der Waals surface area contributed by atoms with Crippen molar-refractivity contribution in [3.63, 3.8) is 0 Å². The highest BCUT2D eigenvalue weighted by molar-refractivity contribution is 5.55. The zero-order valence-electron chi connectivity index (χ0n) is 11.1. The minimum atomic E-state index is 0.666. The molecule has 0 heterocycles. The molecule has 0 aliphatic rings. The molecule has 1 N–H and O–H groups in total. The van der Waals surface area contributed by atoms with Crippen molar-refractivity contribution in [1.29, 1.82) is 5.26 Å². The lowest BCUT2D eigenvalue weighted by molar-refractivity contribution is 0.414. The van der Waals surface area contributed by atoms with Gasteiger partial charge in [0, 0.05) is 12.2 Å². The smallest absolute Gasteiger partial charge is 0.119 e. The standard InChI is InChI=1S/C16H16N2O/c1-12-6-7-13(10-17)9-16(12)18-11-14-4-3-5-15(8-14)19-2/h3-9,18H,11H2,1-2H3. The van der Waals surface area contributed by atoms with E-state index in [0.717, 1.165) is 22.6 Å². The van der Waals surface area contributed by atoms with Crippen LogP contribution in [-0.4, -0.2) is 7.11 Å². The van der Waals surface area contributed by atoms with Crippen LogP contribution in [0.1, 0.15) is 16.7 Å². The van der Waals surface area contributed by atoms with Crippen molar-refractivity contribution < 1.29 is 4.74 Å². The molecule has 0 aliphatic heterocycles. The molecule has 0 bridgehead atoms. The van der Waals surface area contributed by atoms with Crippen molar-refractivity contribution >= 4 is 5.69 Å². The van der Waals surface area contributed by atoms with E-state index >= 15 is 0 Å². The molecule has 0 unspecified atom stereocenters. The molecule has 0 radical (unpaired) electrons. The van der Waals surface area contributed by atoms with Crippen LogP contribution in [0.5, 0.6) is 5.75 Å². The largest absolute Gasteiger partial charge is 0.497 e. The summed E-state index contributed by atoms with van der Waals surface area (Å²) in [4.78, 5) is 0. The monoisotopic (exact) mass is 252 g/mol. The van der Waals surface area contributed by atoms with E-state index in [1.165, 1.54) is 0 Å². The van der Waals surface area contributed by atoms with Gasteiger partial charge in [-0.15, -0.1) is 0 Å². The molecule has 2 rings (SSSR count). The fraction of sp³-hybridized carbons (Fsp3) is 0.188. The van der Waals surface area contributed by atoms with E-state index in [1.807, 2.05) is 49.4 Å². The lowest BCUT2D eigenvalue weighted by Crippen LogP contribution is -2.01. The number of nitrogens with zero attached hydrogens (tertiary/aromatic N) is 1. The third kappa shape index (κ3) is 3.26. The summed E-state index contributed by atoms with van der Waals surface area (Å²) in [5.41, 5.74) is 3.92. The minimum absolute atomic E-state index is 0.666. The normalized spacial score (nSPS) is 9.74. The summed E-state index contributed by atoms with van der Waals surface area (Å²) < 4.78 is 5.20. The average molecular weight is 252 g/mol. The molecule has 3 nitrogen and oxygen atoms in total. The number of nitrogens with one attached hydrogen (secondary N) is 1. The summed E-state index contributed by atoms with van der Waals surface area (Å²) in [6.45, 7) is 2.72. The van der Waals surface area contributed by atoms with Crippen LogP contribution in [0.15, 0.2) is 42.5 Å². The van der Waals surface area contributed by atoms with Gasteiger partial charge in [0.1, 0.15) is 5.75 Å². The third-order valence-electron chi connectivity index (χ3n) is 2.98. The summed E-state index contributed by atoms with van der Waals surface area (Å²) in [7, 11) is 1.66. The second-order valence-corrected chi connectivity index (χ2v) is 4.35. The number of hydrogen-bond acceptors (Lipinski definition) is 3. The van der Waals surface area contributed by atoms with Crippen molar-refractivity contribution in [3.05, 3.63) is 59.2 Å². The summed E-state index contributed by atoms with van der Waals surface area (Å²) in [6.07, 6.45) is 0. The first-order valence-electron chi connectivity index (χ1n) is 6.10. The maximum atomic E-state index is 8.91. The Kier molecular flexibility index (Phi) is 4.04. The molecule has 3 heteroatoms. The van der Waals surface area contributed by atoms with Crippen LogP contribution in [0.3, 0.4) is 0 Å². The van der Waals surface area contributed by atoms with Gasteiger partial charge in [-0.2, -0.15) is 5.26 Å². The van der Waals surface area contributed by atoms with Gasteiger partial charge in [0.25, 0.3) is 0 Å². The molecule has 0 atom stereocenters. The second-order valence-electron chi connectivity index (χ2n) is 4.35. The number of benzene rings is 2. The Hall–Kier alpha value is -2.47. The highest BCUT2D eigenvalue weighted by Gasteiger charge is 2.01. The Morgan fingerprint density at radius 3 is 2.79 bits per heavy atom. The number of methoxy groups -OCH3 is 1. The molecule has 0 spiro atoms. The lowest BCUT2D eigenvalue weighted by atomic mass is 10.1. The summed E-state index contributed by atoms with van der Waals surface area (Å²) in [5, 5.41) is 12.3. The van der Waals surface area contributed by atoms with Crippen LogP contribution in [0.4, 0.5) is 5.69 Å². The molecule has 96 valence electrons. The highest BCUT2D eigenvalue weighted by Crippen LogP contribution is 2.19. The Bertz CT molecular complexity index is 614. The first kappa shape index (κ1) is 13.0. The Balaban J connectivity index is 2.12. The summed E-state index contributed by atoms with van der Waals surface area (Å²) in [6, 6.07) is 15.7. The van der Waals surface area contributed by atoms with Crippen molar-refractivity contribution in [2.45, 2.75) is 13.5 Å². The topological polar surface area (TPSA) is 45.0 Å². The van der Waals surface area contributed by atoms with E-state index in [1.54, 1.807) is 7.11 Å². The first-order valence-corrected chi connectivity index (χ1v) is 6.10. The van der Waals surface area contributed by atoms with Crippen LogP contribution in [-0.2, 0) is 6.54 Å².